The SMILES string of the molecule is CC(C)c1cccc2c#cccc12. The normalized spacial score (nSPS) is 10.4. The van der Waals surface area contributed by atoms with E-state index >= 15 is 0 Å². The molecule has 2 aromatic carbocycles. The molecule has 0 amide bonds. The highest BCUT2D eigenvalue weighted by Crippen LogP contribution is 2.23. The van der Waals surface area contributed by atoms with Crippen LogP contribution in [0.4, 0.5) is 0 Å². The molecule has 0 bridgehead atoms. The first-order valence-corrected chi connectivity index (χ1v) is 4.60. The maximum Gasteiger partial charge on any atom is 0.0324 e. The van der Waals surface area contributed by atoms with Crippen molar-refractivity contribution in [2.24, 2.45) is 0 Å². The highest BCUT2D eigenvalue weighted by Gasteiger charge is 2.02. The lowest BCUT2D eigenvalue weighted by Crippen LogP contribution is -1.87. The molecule has 0 N–H and O–H groups in total. The van der Waals surface area contributed by atoms with Gasteiger partial charge in [0.25, 0.3) is 0 Å². The van der Waals surface area contributed by atoms with Gasteiger partial charge >= 0.3 is 0 Å². The Hall–Kier alpha value is -1.48. The Balaban J connectivity index is 2.76. The minimum atomic E-state index is 0.569. The third-order valence-corrected chi connectivity index (χ3v) is 2.30. The van der Waals surface area contributed by atoms with Crippen molar-refractivity contribution in [3.8, 4) is 0 Å². The lowest BCUT2D eigenvalue weighted by molar-refractivity contribution is 0.876. The molecule has 0 saturated carbocycles. The van der Waals surface area contributed by atoms with Crippen molar-refractivity contribution in [3.63, 3.8) is 0 Å². The van der Waals surface area contributed by atoms with Crippen molar-refractivity contribution in [2.75, 3.05) is 0 Å². The van der Waals surface area contributed by atoms with Gasteiger partial charge in [-0.15, -0.1) is 0 Å². The minimum absolute atomic E-state index is 0.569. The maximum atomic E-state index is 3.12. The van der Waals surface area contributed by atoms with Crippen LogP contribution in [0.2, 0.25) is 0 Å². The van der Waals surface area contributed by atoms with Crippen molar-refractivity contribution in [1.82, 2.24) is 0 Å². The predicted molar refractivity (Wildman–Crippen MR) is 55.7 cm³/mol. The molecule has 0 nitrogen and oxygen atoms in total. The number of hydrogen-bond donors (Lipinski definition) is 0. The van der Waals surface area contributed by atoms with E-state index in [0.29, 0.717) is 5.92 Å². The zero-order valence-corrected chi connectivity index (χ0v) is 7.96. The molecule has 0 heteroatoms. The van der Waals surface area contributed by atoms with E-state index in [1.54, 1.807) is 0 Å². The zero-order chi connectivity index (χ0) is 9.26. The standard InChI is InChI=1S/C13H12/c1-10(2)12-9-5-7-11-6-3-4-8-13(11)12/h4-5,7-10H,1-2H3. The Morgan fingerprint density at radius 2 is 2.00 bits per heavy atom. The second-order valence-corrected chi connectivity index (χ2v) is 3.57. The summed E-state index contributed by atoms with van der Waals surface area (Å²) in [5.41, 5.74) is 1.39. The van der Waals surface area contributed by atoms with Crippen LogP contribution in [-0.4, -0.2) is 0 Å². The first-order valence-electron chi connectivity index (χ1n) is 4.60. The van der Waals surface area contributed by atoms with Gasteiger partial charge in [0, 0.05) is 5.39 Å². The van der Waals surface area contributed by atoms with Gasteiger partial charge in [-0.05, 0) is 35.1 Å². The Bertz CT molecular complexity index is 408. The predicted octanol–water partition coefficient (Wildman–Crippen LogP) is 3.56. The summed E-state index contributed by atoms with van der Waals surface area (Å²) in [6, 6.07) is 16.5. The van der Waals surface area contributed by atoms with Crippen LogP contribution in [0, 0.1) is 12.1 Å². The molecule has 0 atom stereocenters. The first-order chi connectivity index (χ1) is 6.29. The Morgan fingerprint density at radius 1 is 1.15 bits per heavy atom. The van der Waals surface area contributed by atoms with Crippen molar-refractivity contribution < 1.29 is 0 Å². The lowest BCUT2D eigenvalue weighted by atomic mass is 9.97. The summed E-state index contributed by atoms with van der Waals surface area (Å²) in [6.07, 6.45) is 0. The van der Waals surface area contributed by atoms with Crippen LogP contribution in [0.5, 0.6) is 0 Å². The minimum Gasteiger partial charge on any atom is -0.0696 e. The van der Waals surface area contributed by atoms with Crippen LogP contribution >= 0.6 is 0 Å². The molecule has 2 rings (SSSR count). The zero-order valence-electron chi connectivity index (χ0n) is 7.96. The number of rotatable bonds is 1. The summed E-state index contributed by atoms with van der Waals surface area (Å²) in [6.45, 7) is 4.43. The third-order valence-electron chi connectivity index (χ3n) is 2.30. The second kappa shape index (κ2) is 3.11. The lowest BCUT2D eigenvalue weighted by Gasteiger charge is -2.07. The van der Waals surface area contributed by atoms with Gasteiger partial charge in [0.1, 0.15) is 0 Å². The fraction of sp³-hybridized carbons (Fsp3) is 0.231. The second-order valence-electron chi connectivity index (χ2n) is 3.57. The number of hydrogen-bond acceptors (Lipinski definition) is 0. The smallest absolute Gasteiger partial charge is 0.0324 e. The van der Waals surface area contributed by atoms with Gasteiger partial charge in [0.2, 0.25) is 0 Å². The van der Waals surface area contributed by atoms with Gasteiger partial charge in [-0.3, -0.25) is 0 Å². The van der Waals surface area contributed by atoms with Gasteiger partial charge in [-0.1, -0.05) is 38.1 Å². The Morgan fingerprint density at radius 3 is 2.77 bits per heavy atom. The Labute approximate surface area is 79.2 Å². The molecule has 0 spiro atoms. The molecule has 0 radical (unpaired) electrons. The highest BCUT2D eigenvalue weighted by atomic mass is 14.1. The van der Waals surface area contributed by atoms with Crippen LogP contribution in [0.15, 0.2) is 30.3 Å². The van der Waals surface area contributed by atoms with Gasteiger partial charge in [0.05, 0.1) is 0 Å². The molecule has 0 fully saturated rings. The van der Waals surface area contributed by atoms with E-state index in [-0.39, 0.29) is 0 Å². The van der Waals surface area contributed by atoms with Crippen LogP contribution < -0.4 is 0 Å². The first kappa shape index (κ1) is 8.13. The van der Waals surface area contributed by atoms with Gasteiger partial charge < -0.3 is 0 Å². The van der Waals surface area contributed by atoms with Gasteiger partial charge in [0.15, 0.2) is 0 Å². The van der Waals surface area contributed by atoms with E-state index in [0.717, 1.165) is 5.39 Å². The van der Waals surface area contributed by atoms with Gasteiger partial charge in [-0.2, -0.15) is 0 Å². The fourth-order valence-electron chi connectivity index (χ4n) is 1.63. The molecule has 0 aliphatic carbocycles. The molecular formula is C13H12. The van der Waals surface area contributed by atoms with Crippen LogP contribution in [0.1, 0.15) is 25.3 Å². The van der Waals surface area contributed by atoms with Gasteiger partial charge in [-0.25, -0.2) is 0 Å². The molecule has 0 heterocycles. The number of benzene rings is 1. The third kappa shape index (κ3) is 1.38. The molecule has 0 aliphatic rings. The summed E-state index contributed by atoms with van der Waals surface area (Å²) in [7, 11) is 0. The van der Waals surface area contributed by atoms with Crippen molar-refractivity contribution >= 4 is 10.8 Å². The molecule has 0 aromatic heterocycles. The summed E-state index contributed by atoms with van der Waals surface area (Å²) in [5, 5.41) is 2.46. The van der Waals surface area contributed by atoms with E-state index in [1.165, 1.54) is 10.9 Å². The van der Waals surface area contributed by atoms with Crippen molar-refractivity contribution in [3.05, 3.63) is 48.0 Å². The quantitative estimate of drug-likeness (QED) is 0.610. The van der Waals surface area contributed by atoms with Crippen LogP contribution in [-0.2, 0) is 0 Å². The van der Waals surface area contributed by atoms with E-state index < -0.39 is 0 Å². The summed E-state index contributed by atoms with van der Waals surface area (Å²) in [5.74, 6) is 0.569. The van der Waals surface area contributed by atoms with Crippen molar-refractivity contribution in [1.29, 1.82) is 0 Å². The maximum absolute atomic E-state index is 3.12. The summed E-state index contributed by atoms with van der Waals surface area (Å²) >= 11 is 0. The average Bonchev–Trinajstić information content (AvgIpc) is 2.17. The van der Waals surface area contributed by atoms with E-state index in [4.69, 9.17) is 0 Å². The molecule has 0 unspecified atom stereocenters. The molecular weight excluding hydrogens is 156 g/mol. The molecule has 64 valence electrons. The van der Waals surface area contributed by atoms with E-state index in [9.17, 15) is 0 Å². The topological polar surface area (TPSA) is 0 Å². The number of fused-ring (bicyclic) bond motifs is 1. The highest BCUT2D eigenvalue weighted by molar-refractivity contribution is 5.84. The summed E-state index contributed by atoms with van der Waals surface area (Å²) in [4.78, 5) is 0. The van der Waals surface area contributed by atoms with Crippen molar-refractivity contribution in [2.45, 2.75) is 19.8 Å². The molecule has 0 aliphatic heterocycles. The average molecular weight is 168 g/mol. The van der Waals surface area contributed by atoms with E-state index in [2.05, 4.69) is 50.2 Å². The van der Waals surface area contributed by atoms with Crippen LogP contribution in [0.3, 0.4) is 0 Å². The fourth-order valence-corrected chi connectivity index (χ4v) is 1.63. The Kier molecular flexibility index (Phi) is 1.94. The molecule has 13 heavy (non-hydrogen) atoms. The molecule has 0 saturated heterocycles. The summed E-state index contributed by atoms with van der Waals surface area (Å²) < 4.78 is 0. The largest absolute Gasteiger partial charge is 0.0696 e. The van der Waals surface area contributed by atoms with Crippen LogP contribution in [0.25, 0.3) is 10.8 Å². The molecule has 2 aromatic rings. The van der Waals surface area contributed by atoms with E-state index in [1.807, 2.05) is 6.07 Å². The monoisotopic (exact) mass is 168 g/mol.